The van der Waals surface area contributed by atoms with Crippen LogP contribution in [0.25, 0.3) is 0 Å². The third-order valence-corrected chi connectivity index (χ3v) is 1.39. The molecule has 0 spiro atoms. The van der Waals surface area contributed by atoms with E-state index in [-0.39, 0.29) is 6.61 Å². The van der Waals surface area contributed by atoms with Gasteiger partial charge in [-0.2, -0.15) is 4.98 Å². The van der Waals surface area contributed by atoms with Gasteiger partial charge in [-0.05, 0) is 0 Å². The lowest BCUT2D eigenvalue weighted by Crippen LogP contribution is -2.71. The molecular formula is C5H9N3O2. The standard InChI is InChI=1S/C5H9N3O2/c1-8-4(3-9)2-6-5(8)7-10/h2,9H,3,7H2,1H3. The van der Waals surface area contributed by atoms with Gasteiger partial charge < -0.3 is 15.8 Å². The molecule has 5 nitrogen and oxygen atoms in total. The van der Waals surface area contributed by atoms with Crippen molar-refractivity contribution < 1.29 is 10.6 Å². The molecule has 1 aromatic heterocycles. The topological polar surface area (TPSA) is 77.7 Å². The van der Waals surface area contributed by atoms with Crippen molar-refractivity contribution in [2.24, 2.45) is 7.05 Å². The Morgan fingerprint density at radius 3 is 2.90 bits per heavy atom. The highest BCUT2D eigenvalue weighted by Crippen LogP contribution is 2.01. The van der Waals surface area contributed by atoms with E-state index in [0.717, 1.165) is 0 Å². The number of aliphatic hydroxyl groups excluding tert-OH is 1. The molecule has 1 aromatic rings. The lowest BCUT2D eigenvalue weighted by atomic mass is 10.5. The van der Waals surface area contributed by atoms with Crippen LogP contribution >= 0.6 is 0 Å². The Kier molecular flexibility index (Phi) is 2.00. The first-order chi connectivity index (χ1) is 4.79. The van der Waals surface area contributed by atoms with E-state index in [4.69, 9.17) is 5.11 Å². The monoisotopic (exact) mass is 143 g/mol. The molecule has 0 unspecified atom stereocenters. The molecule has 10 heavy (non-hydrogen) atoms. The van der Waals surface area contributed by atoms with Crippen molar-refractivity contribution in [3.05, 3.63) is 17.1 Å². The van der Waals surface area contributed by atoms with Crippen molar-refractivity contribution in [1.29, 1.82) is 0 Å². The van der Waals surface area contributed by atoms with E-state index in [0.29, 0.717) is 17.1 Å². The molecule has 0 saturated heterocycles. The van der Waals surface area contributed by atoms with Gasteiger partial charge >= 0.3 is 5.95 Å². The zero-order valence-corrected chi connectivity index (χ0v) is 5.61. The summed E-state index contributed by atoms with van der Waals surface area (Å²) in [6.45, 7) is -0.0860. The van der Waals surface area contributed by atoms with Crippen molar-refractivity contribution >= 4 is 5.95 Å². The highest BCUT2D eigenvalue weighted by molar-refractivity contribution is 5.12. The van der Waals surface area contributed by atoms with Crippen LogP contribution in [-0.4, -0.2) is 14.7 Å². The van der Waals surface area contributed by atoms with Crippen LogP contribution < -0.4 is 5.48 Å². The van der Waals surface area contributed by atoms with Crippen LogP contribution in [0.4, 0.5) is 5.95 Å². The Hall–Kier alpha value is -0.910. The molecule has 1 rings (SSSR count). The molecule has 0 bridgehead atoms. The summed E-state index contributed by atoms with van der Waals surface area (Å²) in [5, 5.41) is 18.8. The van der Waals surface area contributed by atoms with Crippen molar-refractivity contribution in [3.63, 3.8) is 0 Å². The van der Waals surface area contributed by atoms with Gasteiger partial charge in [0.05, 0.1) is 18.5 Å². The van der Waals surface area contributed by atoms with Crippen LogP contribution in [0.3, 0.4) is 0 Å². The van der Waals surface area contributed by atoms with Gasteiger partial charge in [0.2, 0.25) is 0 Å². The maximum atomic E-state index is 10.2. The summed E-state index contributed by atoms with van der Waals surface area (Å²) in [6.07, 6.45) is 1.48. The number of aromatic nitrogens is 2. The number of nitrogens with zero attached hydrogens (tertiary/aromatic N) is 2. The zero-order valence-electron chi connectivity index (χ0n) is 5.61. The van der Waals surface area contributed by atoms with Crippen molar-refractivity contribution in [1.82, 2.24) is 9.55 Å². The van der Waals surface area contributed by atoms with Crippen LogP contribution in [0.2, 0.25) is 0 Å². The minimum absolute atomic E-state index is 0.0860. The molecule has 56 valence electrons. The second-order valence-electron chi connectivity index (χ2n) is 1.94. The molecule has 1 heterocycles. The van der Waals surface area contributed by atoms with Crippen molar-refractivity contribution in [3.8, 4) is 0 Å². The van der Waals surface area contributed by atoms with Crippen molar-refractivity contribution in [2.45, 2.75) is 6.61 Å². The number of rotatable bonds is 2. The van der Waals surface area contributed by atoms with Gasteiger partial charge in [-0.3, -0.25) is 4.57 Å². The van der Waals surface area contributed by atoms with Crippen LogP contribution in [0, 0.1) is 5.21 Å². The fourth-order valence-corrected chi connectivity index (χ4v) is 0.717. The first-order valence-electron chi connectivity index (χ1n) is 2.86. The fourth-order valence-electron chi connectivity index (χ4n) is 0.717. The van der Waals surface area contributed by atoms with Gasteiger partial charge in [-0.1, -0.05) is 0 Å². The molecule has 0 atom stereocenters. The highest BCUT2D eigenvalue weighted by Gasteiger charge is 2.03. The average molecular weight is 143 g/mol. The molecule has 0 aliphatic rings. The summed E-state index contributed by atoms with van der Waals surface area (Å²) in [5.74, 6) is 0.337. The summed E-state index contributed by atoms with van der Waals surface area (Å²) in [4.78, 5) is 3.74. The van der Waals surface area contributed by atoms with Gasteiger partial charge in [0.1, 0.15) is 0 Å². The number of imidazole rings is 1. The second-order valence-corrected chi connectivity index (χ2v) is 1.94. The predicted molar refractivity (Wildman–Crippen MR) is 34.1 cm³/mol. The van der Waals surface area contributed by atoms with Crippen LogP contribution in [0.5, 0.6) is 0 Å². The summed E-state index contributed by atoms with van der Waals surface area (Å²) >= 11 is 0. The molecule has 0 aliphatic carbocycles. The Morgan fingerprint density at radius 1 is 1.90 bits per heavy atom. The van der Waals surface area contributed by atoms with Crippen LogP contribution in [0.1, 0.15) is 5.69 Å². The number of quaternary nitrogens is 1. The molecule has 0 fully saturated rings. The maximum Gasteiger partial charge on any atom is 0.305 e. The molecule has 5 heteroatoms. The van der Waals surface area contributed by atoms with E-state index >= 15 is 0 Å². The summed E-state index contributed by atoms with van der Waals surface area (Å²) in [5.41, 5.74) is 1.29. The molecule has 0 saturated carbocycles. The number of nitrogens with two attached hydrogens (primary N) is 1. The van der Waals surface area contributed by atoms with E-state index in [9.17, 15) is 5.21 Å². The van der Waals surface area contributed by atoms with Gasteiger partial charge in [0.25, 0.3) is 0 Å². The molecule has 0 radical (unpaired) electrons. The van der Waals surface area contributed by atoms with E-state index in [1.165, 1.54) is 6.20 Å². The lowest BCUT2D eigenvalue weighted by Gasteiger charge is -2.01. The Balaban J connectivity index is 2.97. The number of aliphatic hydroxyl groups is 1. The van der Waals surface area contributed by atoms with E-state index in [1.807, 2.05) is 0 Å². The second kappa shape index (κ2) is 2.78. The molecule has 0 aromatic carbocycles. The predicted octanol–water partition coefficient (Wildman–Crippen LogP) is -1.39. The minimum atomic E-state index is -0.0860. The molecular weight excluding hydrogens is 134 g/mol. The Bertz CT molecular complexity index is 199. The van der Waals surface area contributed by atoms with E-state index in [1.54, 1.807) is 11.6 Å². The zero-order chi connectivity index (χ0) is 7.56. The molecule has 3 N–H and O–H groups in total. The third-order valence-electron chi connectivity index (χ3n) is 1.39. The molecule has 0 amide bonds. The van der Waals surface area contributed by atoms with Gasteiger partial charge in [0.15, 0.2) is 0 Å². The SMILES string of the molecule is Cn1c(CO)cnc1[NH2+][O-]. The maximum absolute atomic E-state index is 10.2. The summed E-state index contributed by atoms with van der Waals surface area (Å²) < 4.78 is 1.55. The normalized spacial score (nSPS) is 10.3. The average Bonchev–Trinajstić information content (AvgIpc) is 2.30. The Morgan fingerprint density at radius 2 is 2.60 bits per heavy atom. The van der Waals surface area contributed by atoms with Crippen molar-refractivity contribution in [2.75, 3.05) is 0 Å². The largest absolute Gasteiger partial charge is 0.628 e. The van der Waals surface area contributed by atoms with Gasteiger partial charge in [-0.15, -0.1) is 0 Å². The lowest BCUT2D eigenvalue weighted by molar-refractivity contribution is -0.507. The Labute approximate surface area is 57.9 Å². The summed E-state index contributed by atoms with van der Waals surface area (Å²) in [6, 6.07) is 0. The van der Waals surface area contributed by atoms with Crippen LogP contribution in [-0.2, 0) is 13.7 Å². The number of hydrogen-bond acceptors (Lipinski definition) is 3. The van der Waals surface area contributed by atoms with E-state index < -0.39 is 0 Å². The van der Waals surface area contributed by atoms with Gasteiger partial charge in [-0.25, -0.2) is 0 Å². The third kappa shape index (κ3) is 1.02. The highest BCUT2D eigenvalue weighted by atomic mass is 16.5. The first kappa shape index (κ1) is 7.20. The van der Waals surface area contributed by atoms with Gasteiger partial charge in [0, 0.05) is 7.05 Å². The van der Waals surface area contributed by atoms with E-state index in [2.05, 4.69) is 4.98 Å². The minimum Gasteiger partial charge on any atom is -0.628 e. The number of hydrogen-bond donors (Lipinski definition) is 2. The quantitative estimate of drug-likeness (QED) is 0.500. The molecule has 0 aliphatic heterocycles. The fraction of sp³-hybridized carbons (Fsp3) is 0.400. The summed E-state index contributed by atoms with van der Waals surface area (Å²) in [7, 11) is 1.68. The van der Waals surface area contributed by atoms with Crippen LogP contribution in [0.15, 0.2) is 6.20 Å². The first-order valence-corrected chi connectivity index (χ1v) is 2.86. The smallest absolute Gasteiger partial charge is 0.305 e.